The number of rotatable bonds is 6. The Morgan fingerprint density at radius 2 is 1.81 bits per heavy atom. The van der Waals surface area contributed by atoms with Gasteiger partial charge >= 0.3 is 6.03 Å². The van der Waals surface area contributed by atoms with E-state index in [9.17, 15) is 9.59 Å². The van der Waals surface area contributed by atoms with Crippen LogP contribution in [-0.2, 0) is 12.8 Å². The van der Waals surface area contributed by atoms with E-state index < -0.39 is 0 Å². The number of hydrogen-bond acceptors (Lipinski definition) is 3. The molecule has 0 heterocycles. The molecule has 0 bridgehead atoms. The third-order valence-corrected chi connectivity index (χ3v) is 5.94. The number of nitrogen functional groups attached to an aromatic ring is 1. The lowest BCUT2D eigenvalue weighted by molar-refractivity contribution is 0.102. The Bertz CT molecular complexity index is 1140. The van der Waals surface area contributed by atoms with Crippen molar-refractivity contribution in [3.63, 3.8) is 0 Å². The van der Waals surface area contributed by atoms with Crippen molar-refractivity contribution in [3.05, 3.63) is 94.5 Å². The van der Waals surface area contributed by atoms with Gasteiger partial charge in [-0.15, -0.1) is 0 Å². The van der Waals surface area contributed by atoms with Gasteiger partial charge in [0.1, 0.15) is 0 Å². The summed E-state index contributed by atoms with van der Waals surface area (Å²) in [7, 11) is 0. The highest BCUT2D eigenvalue weighted by molar-refractivity contribution is 6.05. The molecule has 0 spiro atoms. The van der Waals surface area contributed by atoms with E-state index >= 15 is 0 Å². The summed E-state index contributed by atoms with van der Waals surface area (Å²) in [6.07, 6.45) is 2.43. The maximum absolute atomic E-state index is 12.6. The summed E-state index contributed by atoms with van der Waals surface area (Å²) < 4.78 is 0. The number of amides is 3. The van der Waals surface area contributed by atoms with Crippen LogP contribution in [-0.4, -0.2) is 18.5 Å². The monoisotopic (exact) mass is 428 g/mol. The number of anilines is 2. The molecule has 1 aliphatic rings. The third kappa shape index (κ3) is 4.91. The van der Waals surface area contributed by atoms with Crippen LogP contribution in [0.2, 0.25) is 0 Å². The molecule has 3 amide bonds. The second kappa shape index (κ2) is 9.56. The molecule has 0 saturated carbocycles. The van der Waals surface area contributed by atoms with Crippen LogP contribution in [0.25, 0.3) is 0 Å². The zero-order valence-electron chi connectivity index (χ0n) is 18.2. The highest BCUT2D eigenvalue weighted by Gasteiger charge is 2.25. The van der Waals surface area contributed by atoms with Gasteiger partial charge in [-0.25, -0.2) is 4.79 Å². The number of hydrogen-bond donors (Lipinski definition) is 4. The first-order valence-electron chi connectivity index (χ1n) is 10.9. The Hall–Kier alpha value is -3.80. The van der Waals surface area contributed by atoms with Gasteiger partial charge in [-0.3, -0.25) is 4.79 Å². The molecule has 0 saturated heterocycles. The van der Waals surface area contributed by atoms with Crippen LogP contribution in [0, 0.1) is 6.92 Å². The molecular weight excluding hydrogens is 400 g/mol. The van der Waals surface area contributed by atoms with Gasteiger partial charge in [-0.1, -0.05) is 42.5 Å². The maximum Gasteiger partial charge on any atom is 0.315 e. The van der Waals surface area contributed by atoms with Crippen molar-refractivity contribution in [3.8, 4) is 0 Å². The van der Waals surface area contributed by atoms with E-state index in [4.69, 9.17) is 5.73 Å². The molecule has 4 rings (SSSR count). The number of carbonyl (C=O) groups excluding carboxylic acids is 2. The zero-order valence-corrected chi connectivity index (χ0v) is 18.2. The van der Waals surface area contributed by atoms with Gasteiger partial charge in [-0.05, 0) is 72.7 Å². The van der Waals surface area contributed by atoms with Crippen LogP contribution in [0.3, 0.4) is 0 Å². The predicted molar refractivity (Wildman–Crippen MR) is 128 cm³/mol. The molecule has 0 fully saturated rings. The first-order chi connectivity index (χ1) is 15.5. The average Bonchev–Trinajstić information content (AvgIpc) is 3.18. The van der Waals surface area contributed by atoms with E-state index in [2.05, 4.69) is 35.0 Å². The average molecular weight is 429 g/mol. The molecule has 0 radical (unpaired) electrons. The lowest BCUT2D eigenvalue weighted by Gasteiger charge is -2.16. The van der Waals surface area contributed by atoms with Gasteiger partial charge in [0.2, 0.25) is 0 Å². The number of para-hydroxylation sites is 2. The van der Waals surface area contributed by atoms with Gasteiger partial charge in [0.25, 0.3) is 5.91 Å². The smallest absolute Gasteiger partial charge is 0.315 e. The second-order valence-corrected chi connectivity index (χ2v) is 8.12. The van der Waals surface area contributed by atoms with Crippen LogP contribution in [0.1, 0.15) is 45.1 Å². The van der Waals surface area contributed by atoms with Crippen LogP contribution < -0.4 is 21.7 Å². The lowest BCUT2D eigenvalue weighted by atomic mass is 10.0. The summed E-state index contributed by atoms with van der Waals surface area (Å²) in [4.78, 5) is 25.0. The molecule has 6 heteroatoms. The van der Waals surface area contributed by atoms with E-state index in [0.29, 0.717) is 23.5 Å². The van der Waals surface area contributed by atoms with Crippen molar-refractivity contribution in [1.29, 1.82) is 0 Å². The van der Waals surface area contributed by atoms with Gasteiger partial charge in [0.05, 0.1) is 17.4 Å². The Labute approximate surface area is 188 Å². The molecule has 0 aromatic heterocycles. The Kier molecular flexibility index (Phi) is 6.40. The fraction of sp³-hybridized carbons (Fsp3) is 0.231. The van der Waals surface area contributed by atoms with Crippen molar-refractivity contribution in [2.75, 3.05) is 17.6 Å². The summed E-state index contributed by atoms with van der Waals surface area (Å²) >= 11 is 0. The van der Waals surface area contributed by atoms with Crippen molar-refractivity contribution < 1.29 is 9.59 Å². The minimum atomic E-state index is -0.198. The highest BCUT2D eigenvalue weighted by atomic mass is 16.2. The third-order valence-electron chi connectivity index (χ3n) is 5.94. The number of fused-ring (bicyclic) bond motifs is 1. The van der Waals surface area contributed by atoms with Gasteiger partial charge in [-0.2, -0.15) is 0 Å². The molecule has 6 nitrogen and oxygen atoms in total. The standard InChI is InChI=1S/C26H28N4O2/c1-17-6-2-3-7-18(17)14-15-28-26(32)30-23-13-11-19-16-20(10-12-21(19)23)25(31)29-24-9-5-4-8-22(24)27/h2-10,12,16,23H,11,13-15,27H2,1H3,(H,29,31)(H2,28,30,32). The summed E-state index contributed by atoms with van der Waals surface area (Å²) in [6, 6.07) is 20.8. The SMILES string of the molecule is Cc1ccccc1CCNC(=O)NC1CCc2cc(C(=O)Nc3ccccc3N)ccc21. The number of nitrogens with one attached hydrogen (secondary N) is 3. The normalized spacial score (nSPS) is 14.5. The second-order valence-electron chi connectivity index (χ2n) is 8.12. The van der Waals surface area contributed by atoms with E-state index in [0.717, 1.165) is 30.4 Å². The summed E-state index contributed by atoms with van der Waals surface area (Å²) in [5.41, 5.74) is 12.2. The van der Waals surface area contributed by atoms with Gasteiger partial charge < -0.3 is 21.7 Å². The minimum absolute atomic E-state index is 0.0506. The zero-order chi connectivity index (χ0) is 22.5. The molecule has 3 aromatic carbocycles. The Morgan fingerprint density at radius 1 is 1.03 bits per heavy atom. The molecule has 164 valence electrons. The molecule has 5 N–H and O–H groups in total. The lowest BCUT2D eigenvalue weighted by Crippen LogP contribution is -2.38. The van der Waals surface area contributed by atoms with Gasteiger partial charge in [0, 0.05) is 12.1 Å². The summed E-state index contributed by atoms with van der Waals surface area (Å²) in [5.74, 6) is -0.198. The van der Waals surface area contributed by atoms with Crippen LogP contribution in [0.15, 0.2) is 66.7 Å². The highest BCUT2D eigenvalue weighted by Crippen LogP contribution is 2.32. The fourth-order valence-electron chi connectivity index (χ4n) is 4.12. The van der Waals surface area contributed by atoms with Crippen LogP contribution in [0.4, 0.5) is 16.2 Å². The summed E-state index contributed by atoms with van der Waals surface area (Å²) in [6.45, 7) is 2.66. The van der Waals surface area contributed by atoms with Crippen molar-refractivity contribution >= 4 is 23.3 Å². The van der Waals surface area contributed by atoms with E-state index in [1.54, 1.807) is 18.2 Å². The number of aryl methyl sites for hydroxylation is 2. The van der Waals surface area contributed by atoms with Crippen molar-refractivity contribution in [2.45, 2.75) is 32.2 Å². The Balaban J connectivity index is 1.33. The molecule has 1 aliphatic carbocycles. The number of carbonyl (C=O) groups is 2. The first kappa shape index (κ1) is 21.4. The van der Waals surface area contributed by atoms with E-state index in [-0.39, 0.29) is 18.0 Å². The molecule has 32 heavy (non-hydrogen) atoms. The minimum Gasteiger partial charge on any atom is -0.397 e. The molecular formula is C26H28N4O2. The maximum atomic E-state index is 12.6. The molecule has 3 aromatic rings. The fourth-order valence-corrected chi connectivity index (χ4v) is 4.12. The van der Waals surface area contributed by atoms with Crippen LogP contribution >= 0.6 is 0 Å². The molecule has 0 aliphatic heterocycles. The molecule has 1 atom stereocenters. The van der Waals surface area contributed by atoms with Crippen molar-refractivity contribution in [1.82, 2.24) is 10.6 Å². The van der Waals surface area contributed by atoms with Crippen molar-refractivity contribution in [2.24, 2.45) is 0 Å². The van der Waals surface area contributed by atoms with Gasteiger partial charge in [0.15, 0.2) is 0 Å². The number of benzene rings is 3. The van der Waals surface area contributed by atoms with Crippen LogP contribution in [0.5, 0.6) is 0 Å². The molecule has 1 unspecified atom stereocenters. The largest absolute Gasteiger partial charge is 0.397 e. The number of urea groups is 1. The predicted octanol–water partition coefficient (Wildman–Crippen LogP) is 4.36. The Morgan fingerprint density at radius 3 is 2.62 bits per heavy atom. The van der Waals surface area contributed by atoms with E-state index in [1.165, 1.54) is 11.1 Å². The number of nitrogens with two attached hydrogens (primary N) is 1. The first-order valence-corrected chi connectivity index (χ1v) is 10.9. The summed E-state index contributed by atoms with van der Waals surface area (Å²) in [5, 5.41) is 8.88. The topological polar surface area (TPSA) is 96.2 Å². The van der Waals surface area contributed by atoms with E-state index in [1.807, 2.05) is 36.4 Å². The quantitative estimate of drug-likeness (QED) is 0.439.